The zero-order valence-corrected chi connectivity index (χ0v) is 13.6. The number of piperidine rings is 1. The summed E-state index contributed by atoms with van der Waals surface area (Å²) in [4.78, 5) is 12.5. The summed E-state index contributed by atoms with van der Waals surface area (Å²) in [5, 5.41) is 3.05. The van der Waals surface area contributed by atoms with Crippen LogP contribution in [0.1, 0.15) is 30.4 Å². The van der Waals surface area contributed by atoms with Crippen LogP contribution in [-0.2, 0) is 27.7 Å². The van der Waals surface area contributed by atoms with Gasteiger partial charge in [-0.25, -0.2) is 8.42 Å². The molecule has 0 spiro atoms. The predicted molar refractivity (Wildman–Crippen MR) is 85.0 cm³/mol. The van der Waals surface area contributed by atoms with Crippen molar-refractivity contribution in [1.82, 2.24) is 9.62 Å². The Morgan fingerprint density at radius 1 is 1.18 bits per heavy atom. The molecular formula is C16H22N2O3S. The highest BCUT2D eigenvalue weighted by molar-refractivity contribution is 7.88. The van der Waals surface area contributed by atoms with Crippen LogP contribution in [0.15, 0.2) is 24.3 Å². The number of hydrogen-bond acceptors (Lipinski definition) is 3. The Hall–Kier alpha value is -1.40. The lowest BCUT2D eigenvalue weighted by molar-refractivity contribution is -0.126. The topological polar surface area (TPSA) is 66.5 Å². The second kappa shape index (κ2) is 6.01. The van der Waals surface area contributed by atoms with Crippen LogP contribution in [0.3, 0.4) is 0 Å². The maximum atomic E-state index is 12.5. The van der Waals surface area contributed by atoms with E-state index in [1.807, 2.05) is 12.1 Å². The van der Waals surface area contributed by atoms with E-state index in [4.69, 9.17) is 0 Å². The third kappa shape index (κ3) is 3.17. The van der Waals surface area contributed by atoms with E-state index in [9.17, 15) is 13.2 Å². The van der Waals surface area contributed by atoms with Crippen molar-refractivity contribution in [3.63, 3.8) is 0 Å². The number of nitrogens with zero attached hydrogens (tertiary/aromatic N) is 1. The van der Waals surface area contributed by atoms with Gasteiger partial charge in [-0.15, -0.1) is 0 Å². The molecule has 1 aliphatic heterocycles. The average Bonchev–Trinajstić information content (AvgIpc) is 2.88. The normalized spacial score (nSPS) is 23.2. The zero-order valence-electron chi connectivity index (χ0n) is 12.8. The van der Waals surface area contributed by atoms with E-state index in [2.05, 4.69) is 17.4 Å². The van der Waals surface area contributed by atoms with E-state index < -0.39 is 16.1 Å². The smallest absolute Gasteiger partial charge is 0.238 e. The third-order valence-corrected chi connectivity index (χ3v) is 5.87. The maximum absolute atomic E-state index is 12.5. The lowest BCUT2D eigenvalue weighted by Crippen LogP contribution is -2.53. The van der Waals surface area contributed by atoms with Crippen LogP contribution in [0, 0.1) is 0 Å². The summed E-state index contributed by atoms with van der Waals surface area (Å²) in [5.41, 5.74) is 2.55. The molecule has 2 aliphatic rings. The number of amides is 1. The van der Waals surface area contributed by atoms with Crippen LogP contribution in [0.5, 0.6) is 0 Å². The number of hydrogen-bond donors (Lipinski definition) is 1. The number of carbonyl (C=O) groups excluding carboxylic acids is 1. The molecule has 1 fully saturated rings. The molecule has 5 nitrogen and oxygen atoms in total. The highest BCUT2D eigenvalue weighted by Crippen LogP contribution is 2.24. The fraction of sp³-hybridized carbons (Fsp3) is 0.562. The number of fused-ring (bicyclic) bond motifs is 1. The number of nitrogens with one attached hydrogen (secondary N) is 1. The molecule has 3 rings (SSSR count). The Balaban J connectivity index is 1.67. The molecule has 0 radical (unpaired) electrons. The number of carbonyl (C=O) groups is 1. The maximum Gasteiger partial charge on any atom is 0.238 e. The first-order valence-electron chi connectivity index (χ1n) is 7.79. The van der Waals surface area contributed by atoms with Crippen molar-refractivity contribution in [2.45, 2.75) is 44.2 Å². The van der Waals surface area contributed by atoms with Crippen molar-refractivity contribution in [3.8, 4) is 0 Å². The molecule has 6 heteroatoms. The number of benzene rings is 1. The van der Waals surface area contributed by atoms with E-state index in [-0.39, 0.29) is 11.9 Å². The van der Waals surface area contributed by atoms with Gasteiger partial charge in [0.15, 0.2) is 0 Å². The van der Waals surface area contributed by atoms with Crippen LogP contribution in [0.2, 0.25) is 0 Å². The molecule has 0 bridgehead atoms. The average molecular weight is 322 g/mol. The fourth-order valence-electron chi connectivity index (χ4n) is 3.52. The summed E-state index contributed by atoms with van der Waals surface area (Å²) in [6.07, 6.45) is 5.17. The second-order valence-electron chi connectivity index (χ2n) is 6.27. The quantitative estimate of drug-likeness (QED) is 0.906. The minimum Gasteiger partial charge on any atom is -0.351 e. The van der Waals surface area contributed by atoms with Crippen LogP contribution < -0.4 is 5.32 Å². The standard InChI is InChI=1S/C16H22N2O3S/c1-22(20,21)18-9-5-4-8-15(18)16(19)17-14-10-12-6-2-3-7-13(12)11-14/h2-3,6-7,14-15H,4-5,8-11H2,1H3,(H,17,19)/t15-/m0/s1. The molecule has 1 aromatic rings. The SMILES string of the molecule is CS(=O)(=O)N1CCCC[C@H]1C(=O)NC1Cc2ccccc2C1. The first-order chi connectivity index (χ1) is 10.4. The number of sulfonamides is 1. The second-order valence-corrected chi connectivity index (χ2v) is 8.20. The van der Waals surface area contributed by atoms with Gasteiger partial charge in [0.05, 0.1) is 6.26 Å². The molecule has 0 aromatic heterocycles. The summed E-state index contributed by atoms with van der Waals surface area (Å²) in [6, 6.07) is 7.72. The predicted octanol–water partition coefficient (Wildman–Crippen LogP) is 1.08. The summed E-state index contributed by atoms with van der Waals surface area (Å²) >= 11 is 0. The van der Waals surface area contributed by atoms with Gasteiger partial charge >= 0.3 is 0 Å². The minimum atomic E-state index is -3.33. The van der Waals surface area contributed by atoms with Gasteiger partial charge in [-0.2, -0.15) is 4.31 Å². The van der Waals surface area contributed by atoms with E-state index >= 15 is 0 Å². The summed E-state index contributed by atoms with van der Waals surface area (Å²) in [7, 11) is -3.33. The summed E-state index contributed by atoms with van der Waals surface area (Å²) < 4.78 is 25.1. The molecule has 120 valence electrons. The van der Waals surface area contributed by atoms with Gasteiger partial charge in [0.1, 0.15) is 6.04 Å². The van der Waals surface area contributed by atoms with Gasteiger partial charge in [-0.05, 0) is 36.8 Å². The van der Waals surface area contributed by atoms with E-state index in [0.29, 0.717) is 13.0 Å². The first kappa shape index (κ1) is 15.5. The Bertz CT molecular complexity index is 647. The monoisotopic (exact) mass is 322 g/mol. The molecule has 1 atom stereocenters. The zero-order chi connectivity index (χ0) is 15.7. The van der Waals surface area contributed by atoms with Gasteiger partial charge in [-0.1, -0.05) is 30.7 Å². The molecule has 0 saturated carbocycles. The fourth-order valence-corrected chi connectivity index (χ4v) is 4.65. The molecule has 22 heavy (non-hydrogen) atoms. The van der Waals surface area contributed by atoms with Crippen LogP contribution in [-0.4, -0.2) is 43.5 Å². The van der Waals surface area contributed by atoms with Gasteiger partial charge in [0.2, 0.25) is 15.9 Å². The Kier molecular flexibility index (Phi) is 4.23. The summed E-state index contributed by atoms with van der Waals surface area (Å²) in [6.45, 7) is 0.446. The van der Waals surface area contributed by atoms with E-state index in [1.54, 1.807) is 0 Å². The molecule has 1 aromatic carbocycles. The van der Waals surface area contributed by atoms with Crippen molar-refractivity contribution < 1.29 is 13.2 Å². The molecule has 1 saturated heterocycles. The van der Waals surface area contributed by atoms with Crippen molar-refractivity contribution in [3.05, 3.63) is 35.4 Å². The molecule has 1 aliphatic carbocycles. The molecule has 0 unspecified atom stereocenters. The largest absolute Gasteiger partial charge is 0.351 e. The van der Waals surface area contributed by atoms with Crippen molar-refractivity contribution in [2.75, 3.05) is 12.8 Å². The van der Waals surface area contributed by atoms with Crippen LogP contribution in [0.25, 0.3) is 0 Å². The Labute approximate surface area is 131 Å². The highest BCUT2D eigenvalue weighted by atomic mass is 32.2. The Morgan fingerprint density at radius 3 is 2.41 bits per heavy atom. The third-order valence-electron chi connectivity index (χ3n) is 4.58. The molecule has 1 heterocycles. The highest BCUT2D eigenvalue weighted by Gasteiger charge is 2.35. The number of rotatable bonds is 3. The lowest BCUT2D eigenvalue weighted by atomic mass is 10.0. The summed E-state index contributed by atoms with van der Waals surface area (Å²) in [5.74, 6) is -0.150. The van der Waals surface area contributed by atoms with Gasteiger partial charge in [0, 0.05) is 12.6 Å². The Morgan fingerprint density at radius 2 is 1.82 bits per heavy atom. The molecular weight excluding hydrogens is 300 g/mol. The first-order valence-corrected chi connectivity index (χ1v) is 9.64. The van der Waals surface area contributed by atoms with E-state index in [0.717, 1.165) is 25.7 Å². The van der Waals surface area contributed by atoms with Gasteiger partial charge in [0.25, 0.3) is 0 Å². The van der Waals surface area contributed by atoms with Crippen LogP contribution in [0.4, 0.5) is 0 Å². The van der Waals surface area contributed by atoms with Crippen molar-refractivity contribution in [1.29, 1.82) is 0 Å². The van der Waals surface area contributed by atoms with Crippen molar-refractivity contribution >= 4 is 15.9 Å². The lowest BCUT2D eigenvalue weighted by Gasteiger charge is -2.33. The van der Waals surface area contributed by atoms with Gasteiger partial charge < -0.3 is 5.32 Å². The van der Waals surface area contributed by atoms with Crippen LogP contribution >= 0.6 is 0 Å². The molecule has 1 amide bonds. The van der Waals surface area contributed by atoms with Crippen molar-refractivity contribution in [2.24, 2.45) is 0 Å². The van der Waals surface area contributed by atoms with Gasteiger partial charge in [-0.3, -0.25) is 4.79 Å². The minimum absolute atomic E-state index is 0.0771. The van der Waals surface area contributed by atoms with E-state index in [1.165, 1.54) is 21.7 Å². The molecule has 1 N–H and O–H groups in total.